The van der Waals surface area contributed by atoms with Crippen LogP contribution in [0, 0.1) is 22.7 Å². The Bertz CT molecular complexity index is 2220. The molecule has 52 heavy (non-hydrogen) atoms. The third-order valence-corrected chi connectivity index (χ3v) is 8.45. The van der Waals surface area contributed by atoms with Gasteiger partial charge in [0.25, 0.3) is 5.91 Å². The van der Waals surface area contributed by atoms with Gasteiger partial charge < -0.3 is 15.0 Å². The van der Waals surface area contributed by atoms with Gasteiger partial charge in [0, 0.05) is 24.3 Å². The number of nitriles is 2. The second kappa shape index (κ2) is 17.1. The van der Waals surface area contributed by atoms with Crippen molar-refractivity contribution < 1.29 is 19.1 Å². The first-order valence-electron chi connectivity index (χ1n) is 16.7. The van der Waals surface area contributed by atoms with Gasteiger partial charge in [-0.25, -0.2) is 4.79 Å². The molecule has 0 unspecified atom stereocenters. The van der Waals surface area contributed by atoms with Gasteiger partial charge in [0.05, 0.1) is 47.2 Å². The molecule has 1 aliphatic carbocycles. The number of fused-ring (bicyclic) bond motifs is 1. The van der Waals surface area contributed by atoms with E-state index in [2.05, 4.69) is 11.4 Å². The molecule has 0 saturated heterocycles. The van der Waals surface area contributed by atoms with Crippen molar-refractivity contribution >= 4 is 40.8 Å². The van der Waals surface area contributed by atoms with E-state index in [9.17, 15) is 19.6 Å². The van der Waals surface area contributed by atoms with Crippen molar-refractivity contribution in [1.29, 1.82) is 10.5 Å². The number of nitrogens with zero attached hydrogens (tertiary/aromatic N) is 3. The van der Waals surface area contributed by atoms with Crippen molar-refractivity contribution in [3.8, 4) is 12.1 Å². The Morgan fingerprint density at radius 2 is 1.33 bits per heavy atom. The first-order chi connectivity index (χ1) is 25.3. The highest BCUT2D eigenvalue weighted by molar-refractivity contribution is 6.21. The number of carbonyl (C=O) groups is 3. The van der Waals surface area contributed by atoms with Crippen LogP contribution in [0.15, 0.2) is 155 Å². The van der Waals surface area contributed by atoms with Crippen LogP contribution in [0.4, 0.5) is 0 Å². The van der Waals surface area contributed by atoms with Gasteiger partial charge in [0.2, 0.25) is 5.91 Å². The molecule has 0 aromatic heterocycles. The summed E-state index contributed by atoms with van der Waals surface area (Å²) < 4.78 is 4.94. The molecule has 7 rings (SSSR count). The van der Waals surface area contributed by atoms with E-state index in [1.807, 2.05) is 134 Å². The average Bonchev–Trinajstić information content (AvgIpc) is 3.81. The summed E-state index contributed by atoms with van der Waals surface area (Å²) in [5.74, 6) is -0.658. The molecule has 0 saturated carbocycles. The van der Waals surface area contributed by atoms with Gasteiger partial charge >= 0.3 is 5.97 Å². The van der Waals surface area contributed by atoms with Crippen molar-refractivity contribution in [3.63, 3.8) is 0 Å². The summed E-state index contributed by atoms with van der Waals surface area (Å²) in [6, 6.07) is 42.8. The summed E-state index contributed by atoms with van der Waals surface area (Å²) in [6.07, 6.45) is 3.33. The van der Waals surface area contributed by atoms with Crippen molar-refractivity contribution in [2.45, 2.75) is 20.3 Å². The maximum absolute atomic E-state index is 13.1. The van der Waals surface area contributed by atoms with Gasteiger partial charge in [-0.3, -0.25) is 9.59 Å². The first kappa shape index (κ1) is 36.3. The van der Waals surface area contributed by atoms with Crippen molar-refractivity contribution in [3.05, 3.63) is 178 Å². The highest BCUT2D eigenvalue weighted by Crippen LogP contribution is 2.50. The Morgan fingerprint density at radius 1 is 0.788 bits per heavy atom. The molecule has 0 fully saturated rings. The highest BCUT2D eigenvalue weighted by Gasteiger charge is 2.42. The number of allylic oxidation sites excluding steroid dienone is 4. The van der Waals surface area contributed by atoms with Crippen molar-refractivity contribution in [2.75, 3.05) is 13.7 Å². The van der Waals surface area contributed by atoms with Crippen LogP contribution in [0.1, 0.15) is 42.5 Å². The second-order valence-electron chi connectivity index (χ2n) is 11.7. The van der Waals surface area contributed by atoms with Crippen LogP contribution in [-0.4, -0.2) is 36.3 Å². The van der Waals surface area contributed by atoms with E-state index in [1.165, 1.54) is 6.08 Å². The van der Waals surface area contributed by atoms with Crippen LogP contribution < -0.4 is 5.32 Å². The largest absolute Gasteiger partial charge is 0.463 e. The molecule has 0 radical (unpaired) electrons. The molecule has 0 spiro atoms. The lowest BCUT2D eigenvalue weighted by Crippen LogP contribution is -2.20. The molecule has 2 amide bonds. The zero-order valence-corrected chi connectivity index (χ0v) is 29.1. The highest BCUT2D eigenvalue weighted by atomic mass is 16.5. The number of esters is 1. The smallest absolute Gasteiger partial charge is 0.336 e. The minimum Gasteiger partial charge on any atom is -0.463 e. The number of carbonyl (C=O) groups excluding carboxylic acids is 3. The van der Waals surface area contributed by atoms with E-state index in [0.717, 1.165) is 44.7 Å². The van der Waals surface area contributed by atoms with Crippen molar-refractivity contribution in [2.24, 2.45) is 0 Å². The molecular formula is C44H36N4O4. The number of amides is 2. The Hall–Kier alpha value is -7.03. The lowest BCUT2D eigenvalue weighted by Gasteiger charge is -2.16. The van der Waals surface area contributed by atoms with Gasteiger partial charge in [-0.2, -0.15) is 10.5 Å². The van der Waals surface area contributed by atoms with Gasteiger partial charge in [-0.1, -0.05) is 121 Å². The summed E-state index contributed by atoms with van der Waals surface area (Å²) >= 11 is 0. The number of rotatable bonds is 6. The molecule has 2 heterocycles. The van der Waals surface area contributed by atoms with E-state index >= 15 is 0 Å². The number of nitrogens with one attached hydrogen (secondary N) is 1. The summed E-state index contributed by atoms with van der Waals surface area (Å²) in [5.41, 5.74) is 9.33. The summed E-state index contributed by atoms with van der Waals surface area (Å²) in [6.45, 7) is 3.97. The number of benzene rings is 4. The minimum absolute atomic E-state index is 0.0580. The van der Waals surface area contributed by atoms with Crippen LogP contribution in [0.5, 0.6) is 0 Å². The second-order valence-corrected chi connectivity index (χ2v) is 11.7. The standard InChI is InChI=1S/C22H16N2O.C13H13NO3.C9H7N/c1-14-17(13-23)19(15-9-5-3-6-10-15)20-18(14)21(24(2)22(20)25)16-11-7-4-8-12-16;1-2-17-13(16)10-8-11(15)14-12(10)9-6-4-3-5-7-9;10-8-4-7-9-5-2-1-3-6-9/h3-12H,1-2H3;3-7H,2,8H2,1H3,(H,14,15);1-7H/b;;7-4+. The number of ether oxygens (including phenoxy) is 1. The van der Waals surface area contributed by atoms with Gasteiger partial charge in [-0.05, 0) is 47.8 Å². The molecule has 8 heteroatoms. The maximum Gasteiger partial charge on any atom is 0.336 e. The third-order valence-electron chi connectivity index (χ3n) is 8.45. The Labute approximate surface area is 303 Å². The predicted octanol–water partition coefficient (Wildman–Crippen LogP) is 7.88. The molecule has 1 N–H and O–H groups in total. The number of hydrogen-bond acceptors (Lipinski definition) is 6. The van der Waals surface area contributed by atoms with E-state index in [4.69, 9.17) is 10.00 Å². The quantitative estimate of drug-likeness (QED) is 0.163. The Kier molecular flexibility index (Phi) is 11.9. The summed E-state index contributed by atoms with van der Waals surface area (Å²) in [7, 11) is 1.80. The van der Waals surface area contributed by atoms with E-state index in [0.29, 0.717) is 29.0 Å². The molecule has 2 aliphatic heterocycles. The molecule has 0 bridgehead atoms. The molecule has 256 valence electrons. The molecule has 3 aliphatic rings. The van der Waals surface area contributed by atoms with Gasteiger partial charge in [0.15, 0.2) is 0 Å². The minimum atomic E-state index is -0.426. The molecule has 4 aromatic rings. The van der Waals surface area contributed by atoms with E-state index in [1.54, 1.807) is 24.9 Å². The maximum atomic E-state index is 13.1. The fourth-order valence-electron chi connectivity index (χ4n) is 6.11. The average molecular weight is 685 g/mol. The molecule has 8 nitrogen and oxygen atoms in total. The monoisotopic (exact) mass is 684 g/mol. The summed E-state index contributed by atoms with van der Waals surface area (Å²) in [4.78, 5) is 37.8. The fourth-order valence-corrected chi connectivity index (χ4v) is 6.11. The Morgan fingerprint density at radius 3 is 1.87 bits per heavy atom. The third kappa shape index (κ3) is 7.89. The van der Waals surface area contributed by atoms with Crippen molar-refractivity contribution in [1.82, 2.24) is 10.2 Å². The zero-order valence-electron chi connectivity index (χ0n) is 29.1. The van der Waals surface area contributed by atoms with Crippen LogP contribution in [0.25, 0.3) is 23.0 Å². The van der Waals surface area contributed by atoms with E-state index in [-0.39, 0.29) is 18.2 Å². The lowest BCUT2D eigenvalue weighted by molar-refractivity contribution is -0.139. The molecule has 4 aromatic carbocycles. The topological polar surface area (TPSA) is 123 Å². The lowest BCUT2D eigenvalue weighted by atomic mass is 9.97. The van der Waals surface area contributed by atoms with Crippen LogP contribution in [0.3, 0.4) is 0 Å². The van der Waals surface area contributed by atoms with Crippen LogP contribution in [-0.2, 0) is 19.1 Å². The summed E-state index contributed by atoms with van der Waals surface area (Å²) in [5, 5.41) is 20.6. The molecule has 0 atom stereocenters. The fraction of sp³-hybridized carbons (Fsp3) is 0.114. The zero-order chi connectivity index (χ0) is 37.0. The van der Waals surface area contributed by atoms with E-state index < -0.39 is 5.97 Å². The SMILES string of the molecule is CC1=C(C#N)C(c2ccccc2)=C2C(=O)N(C)C(c3ccccc3)=C12.CCOC(=O)C1=C(c2ccccc2)NC(=O)C1.N#C/C=C/c1ccccc1. The van der Waals surface area contributed by atoms with Crippen LogP contribution >= 0.6 is 0 Å². The van der Waals surface area contributed by atoms with Gasteiger partial charge in [-0.15, -0.1) is 0 Å². The predicted molar refractivity (Wildman–Crippen MR) is 202 cm³/mol. The number of hydrogen-bond donors (Lipinski definition) is 1. The Balaban J connectivity index is 0.000000167. The first-order valence-corrected chi connectivity index (χ1v) is 16.7. The van der Waals surface area contributed by atoms with Gasteiger partial charge in [0.1, 0.15) is 6.07 Å². The normalized spacial score (nSPS) is 14.7. The van der Waals surface area contributed by atoms with Crippen LogP contribution in [0.2, 0.25) is 0 Å². The number of likely N-dealkylation sites (N-methyl/N-ethyl adjacent to an activating group) is 1. The molecular weight excluding hydrogens is 649 g/mol.